The number of nitrogens with two attached hydrogens (primary N) is 1. The molecule has 0 aliphatic heterocycles. The van der Waals surface area contributed by atoms with Gasteiger partial charge in [-0.1, -0.05) is 0 Å². The molecule has 102 valence electrons. The SMILES string of the molecule is NC(CO)c1cncn1-c1ccc(C(F)(F)F)cc1. The van der Waals surface area contributed by atoms with Crippen LogP contribution < -0.4 is 5.73 Å². The van der Waals surface area contributed by atoms with Gasteiger partial charge in [-0.25, -0.2) is 4.98 Å². The summed E-state index contributed by atoms with van der Waals surface area (Å²) in [4.78, 5) is 3.89. The predicted molar refractivity (Wildman–Crippen MR) is 62.6 cm³/mol. The lowest BCUT2D eigenvalue weighted by Crippen LogP contribution is -2.18. The lowest BCUT2D eigenvalue weighted by molar-refractivity contribution is -0.137. The van der Waals surface area contributed by atoms with Crippen molar-refractivity contribution in [2.24, 2.45) is 5.73 Å². The van der Waals surface area contributed by atoms with Gasteiger partial charge in [-0.2, -0.15) is 13.2 Å². The molecule has 7 heteroatoms. The molecule has 1 aromatic carbocycles. The van der Waals surface area contributed by atoms with Crippen LogP contribution in [0, 0.1) is 0 Å². The molecule has 0 aliphatic rings. The molecule has 19 heavy (non-hydrogen) atoms. The van der Waals surface area contributed by atoms with E-state index in [1.807, 2.05) is 0 Å². The van der Waals surface area contributed by atoms with Crippen LogP contribution in [0.2, 0.25) is 0 Å². The monoisotopic (exact) mass is 271 g/mol. The van der Waals surface area contributed by atoms with Crippen LogP contribution in [0.4, 0.5) is 13.2 Å². The first-order valence-corrected chi connectivity index (χ1v) is 5.50. The van der Waals surface area contributed by atoms with E-state index in [0.717, 1.165) is 12.1 Å². The molecule has 1 atom stereocenters. The van der Waals surface area contributed by atoms with Crippen LogP contribution >= 0.6 is 0 Å². The average Bonchev–Trinajstić information content (AvgIpc) is 2.86. The summed E-state index contributed by atoms with van der Waals surface area (Å²) in [6.07, 6.45) is -1.45. The molecule has 0 radical (unpaired) electrons. The number of nitrogens with zero attached hydrogens (tertiary/aromatic N) is 2. The molecular formula is C12H12F3N3O. The quantitative estimate of drug-likeness (QED) is 0.896. The van der Waals surface area contributed by atoms with E-state index in [1.54, 1.807) is 4.57 Å². The first-order valence-electron chi connectivity index (χ1n) is 5.50. The summed E-state index contributed by atoms with van der Waals surface area (Å²) in [5, 5.41) is 9.01. The molecule has 0 fully saturated rings. The Hall–Kier alpha value is -1.86. The highest BCUT2D eigenvalue weighted by Gasteiger charge is 2.30. The fourth-order valence-electron chi connectivity index (χ4n) is 1.70. The highest BCUT2D eigenvalue weighted by Crippen LogP contribution is 2.29. The third-order valence-electron chi connectivity index (χ3n) is 2.72. The fourth-order valence-corrected chi connectivity index (χ4v) is 1.70. The van der Waals surface area contributed by atoms with Gasteiger partial charge in [0.1, 0.15) is 0 Å². The van der Waals surface area contributed by atoms with Crippen LogP contribution in [0.25, 0.3) is 5.69 Å². The second kappa shape index (κ2) is 5.02. The molecule has 1 heterocycles. The van der Waals surface area contributed by atoms with Crippen molar-refractivity contribution in [1.82, 2.24) is 9.55 Å². The zero-order valence-electron chi connectivity index (χ0n) is 9.80. The molecular weight excluding hydrogens is 259 g/mol. The third kappa shape index (κ3) is 2.77. The highest BCUT2D eigenvalue weighted by atomic mass is 19.4. The summed E-state index contributed by atoms with van der Waals surface area (Å²) < 4.78 is 38.9. The Balaban J connectivity index is 2.36. The van der Waals surface area contributed by atoms with Gasteiger partial charge in [-0.15, -0.1) is 0 Å². The van der Waals surface area contributed by atoms with E-state index in [9.17, 15) is 13.2 Å². The second-order valence-electron chi connectivity index (χ2n) is 4.02. The highest BCUT2D eigenvalue weighted by molar-refractivity contribution is 5.37. The number of rotatable bonds is 3. The number of aromatic nitrogens is 2. The van der Waals surface area contributed by atoms with Crippen LogP contribution in [0.5, 0.6) is 0 Å². The number of hydrogen-bond donors (Lipinski definition) is 2. The van der Waals surface area contributed by atoms with Crippen molar-refractivity contribution in [3.8, 4) is 5.69 Å². The molecule has 1 aromatic heterocycles. The molecule has 4 nitrogen and oxygen atoms in total. The van der Waals surface area contributed by atoms with Gasteiger partial charge in [-0.3, -0.25) is 0 Å². The van der Waals surface area contributed by atoms with Crippen LogP contribution in [0.1, 0.15) is 17.3 Å². The molecule has 0 bridgehead atoms. The number of hydrogen-bond acceptors (Lipinski definition) is 3. The topological polar surface area (TPSA) is 64.1 Å². The van der Waals surface area contributed by atoms with Gasteiger partial charge in [0.05, 0.1) is 36.4 Å². The summed E-state index contributed by atoms with van der Waals surface area (Å²) in [7, 11) is 0. The number of benzene rings is 1. The van der Waals surface area contributed by atoms with E-state index < -0.39 is 17.8 Å². The number of imidazole rings is 1. The van der Waals surface area contributed by atoms with Crippen molar-refractivity contribution >= 4 is 0 Å². The van der Waals surface area contributed by atoms with Crippen molar-refractivity contribution in [1.29, 1.82) is 0 Å². The standard InChI is InChI=1S/C12H12F3N3O/c13-12(14,15)8-1-3-9(4-2-8)18-7-17-5-11(18)10(16)6-19/h1-5,7,10,19H,6,16H2. The Kier molecular flexibility index (Phi) is 3.59. The summed E-state index contributed by atoms with van der Waals surface area (Å²) >= 11 is 0. The Morgan fingerprint density at radius 2 is 1.89 bits per heavy atom. The van der Waals surface area contributed by atoms with E-state index in [0.29, 0.717) is 11.4 Å². The van der Waals surface area contributed by atoms with Gasteiger partial charge in [0, 0.05) is 5.69 Å². The Morgan fingerprint density at radius 3 is 2.42 bits per heavy atom. The average molecular weight is 271 g/mol. The number of aliphatic hydroxyl groups is 1. The number of aliphatic hydroxyl groups excluding tert-OH is 1. The van der Waals surface area contributed by atoms with Crippen molar-refractivity contribution in [3.05, 3.63) is 48.0 Å². The molecule has 0 aliphatic carbocycles. The Labute approximate surface area is 107 Å². The van der Waals surface area contributed by atoms with Gasteiger partial charge < -0.3 is 15.4 Å². The van der Waals surface area contributed by atoms with E-state index >= 15 is 0 Å². The zero-order valence-corrected chi connectivity index (χ0v) is 9.80. The van der Waals surface area contributed by atoms with E-state index in [2.05, 4.69) is 4.98 Å². The van der Waals surface area contributed by atoms with Gasteiger partial charge >= 0.3 is 6.18 Å². The summed E-state index contributed by atoms with van der Waals surface area (Å²) in [6.45, 7) is -0.271. The molecule has 0 saturated carbocycles. The maximum atomic E-state index is 12.5. The summed E-state index contributed by atoms with van der Waals surface area (Å²) in [6, 6.07) is 4.01. The summed E-state index contributed by atoms with van der Waals surface area (Å²) in [5.74, 6) is 0. The molecule has 0 spiro atoms. The lowest BCUT2D eigenvalue weighted by atomic mass is 10.2. The molecule has 3 N–H and O–H groups in total. The zero-order chi connectivity index (χ0) is 14.0. The third-order valence-corrected chi connectivity index (χ3v) is 2.72. The molecule has 0 amide bonds. The minimum absolute atomic E-state index is 0.271. The number of halogens is 3. The first-order chi connectivity index (χ1) is 8.93. The van der Waals surface area contributed by atoms with Crippen molar-refractivity contribution < 1.29 is 18.3 Å². The smallest absolute Gasteiger partial charge is 0.394 e. The Bertz CT molecular complexity index is 548. The minimum atomic E-state index is -4.36. The minimum Gasteiger partial charge on any atom is -0.394 e. The normalized spacial score (nSPS) is 13.5. The summed E-state index contributed by atoms with van der Waals surface area (Å²) in [5.41, 5.74) is 6.00. The van der Waals surface area contributed by atoms with Crippen molar-refractivity contribution in [2.45, 2.75) is 12.2 Å². The predicted octanol–water partition coefficient (Wildman–Crippen LogP) is 1.88. The van der Waals surface area contributed by atoms with Gasteiger partial charge in [0.25, 0.3) is 0 Å². The maximum absolute atomic E-state index is 12.5. The van der Waals surface area contributed by atoms with Gasteiger partial charge in [-0.05, 0) is 24.3 Å². The molecule has 2 aromatic rings. The van der Waals surface area contributed by atoms with Crippen LogP contribution in [0.3, 0.4) is 0 Å². The maximum Gasteiger partial charge on any atom is 0.416 e. The lowest BCUT2D eigenvalue weighted by Gasteiger charge is -2.13. The van der Waals surface area contributed by atoms with E-state index in [1.165, 1.54) is 24.7 Å². The van der Waals surface area contributed by atoms with Gasteiger partial charge in [0.2, 0.25) is 0 Å². The largest absolute Gasteiger partial charge is 0.416 e. The second-order valence-corrected chi connectivity index (χ2v) is 4.02. The van der Waals surface area contributed by atoms with Crippen LogP contribution in [-0.4, -0.2) is 21.3 Å². The number of alkyl halides is 3. The van der Waals surface area contributed by atoms with Crippen LogP contribution in [-0.2, 0) is 6.18 Å². The Morgan fingerprint density at radius 1 is 1.26 bits per heavy atom. The van der Waals surface area contributed by atoms with E-state index in [-0.39, 0.29) is 6.61 Å². The first kappa shape index (κ1) is 13.6. The fraction of sp³-hybridized carbons (Fsp3) is 0.250. The van der Waals surface area contributed by atoms with Crippen molar-refractivity contribution in [3.63, 3.8) is 0 Å². The van der Waals surface area contributed by atoms with Crippen molar-refractivity contribution in [2.75, 3.05) is 6.61 Å². The molecule has 0 saturated heterocycles. The van der Waals surface area contributed by atoms with Crippen LogP contribution in [0.15, 0.2) is 36.8 Å². The molecule has 1 unspecified atom stereocenters. The van der Waals surface area contributed by atoms with Gasteiger partial charge in [0.15, 0.2) is 0 Å². The molecule has 2 rings (SSSR count). The van der Waals surface area contributed by atoms with E-state index in [4.69, 9.17) is 10.8 Å².